The molecule has 2 rings (SSSR count). The number of hydrogen-bond donors (Lipinski definition) is 3. The van der Waals surface area contributed by atoms with E-state index in [4.69, 9.17) is 5.73 Å². The van der Waals surface area contributed by atoms with E-state index in [1.165, 1.54) is 0 Å². The van der Waals surface area contributed by atoms with Crippen molar-refractivity contribution in [3.63, 3.8) is 0 Å². The highest BCUT2D eigenvalue weighted by Crippen LogP contribution is 2.12. The van der Waals surface area contributed by atoms with Crippen LogP contribution in [0.4, 0.5) is 5.69 Å². The summed E-state index contributed by atoms with van der Waals surface area (Å²) in [7, 11) is 0. The van der Waals surface area contributed by atoms with Gasteiger partial charge in [0, 0.05) is 19.3 Å². The van der Waals surface area contributed by atoms with Crippen LogP contribution < -0.4 is 11.1 Å². The number of nitrogens with zero attached hydrogens (tertiary/aromatic N) is 2. The molecule has 0 spiro atoms. The number of anilines is 1. The van der Waals surface area contributed by atoms with Crippen molar-refractivity contribution >= 4 is 11.6 Å². The molecule has 20 heavy (non-hydrogen) atoms. The molecule has 1 aromatic carbocycles. The largest absolute Gasteiger partial charge is 0.396 e. The van der Waals surface area contributed by atoms with Gasteiger partial charge in [0.15, 0.2) is 5.69 Å². The number of aliphatic hydroxyl groups is 1. The van der Waals surface area contributed by atoms with Gasteiger partial charge in [0.1, 0.15) is 0 Å². The van der Waals surface area contributed by atoms with Gasteiger partial charge in [-0.2, -0.15) is 5.10 Å². The number of amides is 1. The van der Waals surface area contributed by atoms with Crippen LogP contribution in [0, 0.1) is 0 Å². The number of rotatable bonds is 5. The number of aliphatic hydroxyl groups excluding tert-OH is 1. The van der Waals surface area contributed by atoms with E-state index in [1.54, 1.807) is 23.0 Å². The predicted octanol–water partition coefficient (Wildman–Crippen LogP) is 0.949. The zero-order valence-electron chi connectivity index (χ0n) is 11.3. The maximum absolute atomic E-state index is 12.0. The van der Waals surface area contributed by atoms with E-state index < -0.39 is 6.10 Å². The molecule has 0 radical (unpaired) electrons. The average molecular weight is 274 g/mol. The zero-order chi connectivity index (χ0) is 14.5. The van der Waals surface area contributed by atoms with Crippen molar-refractivity contribution in [1.82, 2.24) is 15.1 Å². The summed E-state index contributed by atoms with van der Waals surface area (Å²) in [5, 5.41) is 16.7. The van der Waals surface area contributed by atoms with Crippen molar-refractivity contribution in [2.45, 2.75) is 19.6 Å². The third kappa shape index (κ3) is 3.16. The minimum atomic E-state index is -0.755. The second-order valence-electron chi connectivity index (χ2n) is 4.43. The van der Waals surface area contributed by atoms with Gasteiger partial charge in [-0.1, -0.05) is 30.3 Å². The normalized spacial score (nSPS) is 12.1. The van der Waals surface area contributed by atoms with Gasteiger partial charge in [0.05, 0.1) is 11.8 Å². The van der Waals surface area contributed by atoms with Crippen LogP contribution in [-0.2, 0) is 6.54 Å². The van der Waals surface area contributed by atoms with Gasteiger partial charge in [-0.05, 0) is 12.5 Å². The molecule has 1 unspecified atom stereocenters. The first-order chi connectivity index (χ1) is 9.61. The first kappa shape index (κ1) is 14.1. The molecule has 1 aromatic heterocycles. The molecule has 1 amide bonds. The van der Waals surface area contributed by atoms with Gasteiger partial charge in [0.2, 0.25) is 0 Å². The van der Waals surface area contributed by atoms with E-state index in [0.717, 1.165) is 5.56 Å². The van der Waals surface area contributed by atoms with Gasteiger partial charge in [0.25, 0.3) is 5.91 Å². The summed E-state index contributed by atoms with van der Waals surface area (Å²) in [5.74, 6) is -0.385. The Hall–Kier alpha value is -2.34. The predicted molar refractivity (Wildman–Crippen MR) is 76.0 cm³/mol. The highest BCUT2D eigenvalue weighted by atomic mass is 16.3. The molecule has 6 heteroatoms. The summed E-state index contributed by atoms with van der Waals surface area (Å²) in [6, 6.07) is 9.14. The number of carbonyl (C=O) groups excluding carboxylic acids is 1. The Kier molecular flexibility index (Phi) is 4.37. The molecule has 0 fully saturated rings. The molecular formula is C14H18N4O2. The SMILES string of the molecule is CCn1cc(N)c(C(=O)NCC(O)c2ccccc2)n1. The average Bonchev–Trinajstić information content (AvgIpc) is 2.86. The molecule has 0 aliphatic carbocycles. The van der Waals surface area contributed by atoms with Crippen molar-refractivity contribution < 1.29 is 9.90 Å². The number of hydrogen-bond acceptors (Lipinski definition) is 4. The van der Waals surface area contributed by atoms with E-state index in [1.807, 2.05) is 25.1 Å². The smallest absolute Gasteiger partial charge is 0.274 e. The third-order valence-electron chi connectivity index (χ3n) is 2.97. The maximum Gasteiger partial charge on any atom is 0.274 e. The van der Waals surface area contributed by atoms with Crippen LogP contribution in [-0.4, -0.2) is 27.3 Å². The Balaban J connectivity index is 1.96. The summed E-state index contributed by atoms with van der Waals surface area (Å²) in [6.45, 7) is 2.67. The van der Waals surface area contributed by atoms with Gasteiger partial charge in [-0.15, -0.1) is 0 Å². The number of nitrogens with two attached hydrogens (primary N) is 1. The lowest BCUT2D eigenvalue weighted by atomic mass is 10.1. The lowest BCUT2D eigenvalue weighted by Crippen LogP contribution is -2.29. The molecule has 6 nitrogen and oxygen atoms in total. The van der Waals surface area contributed by atoms with E-state index in [0.29, 0.717) is 12.2 Å². The third-order valence-corrected chi connectivity index (χ3v) is 2.97. The molecule has 0 aliphatic rings. The van der Waals surface area contributed by atoms with E-state index >= 15 is 0 Å². The summed E-state index contributed by atoms with van der Waals surface area (Å²) in [5.41, 5.74) is 7.00. The highest BCUT2D eigenvalue weighted by molar-refractivity contribution is 5.97. The summed E-state index contributed by atoms with van der Waals surface area (Å²) in [6.07, 6.45) is 0.859. The number of benzene rings is 1. The fourth-order valence-corrected chi connectivity index (χ4v) is 1.84. The monoisotopic (exact) mass is 274 g/mol. The Bertz CT molecular complexity index is 580. The van der Waals surface area contributed by atoms with E-state index in [9.17, 15) is 9.90 Å². The van der Waals surface area contributed by atoms with Crippen LogP contribution in [0.15, 0.2) is 36.5 Å². The van der Waals surface area contributed by atoms with Crippen LogP contribution in [0.5, 0.6) is 0 Å². The molecule has 0 saturated heterocycles. The summed E-state index contributed by atoms with van der Waals surface area (Å²) >= 11 is 0. The van der Waals surface area contributed by atoms with Crippen LogP contribution in [0.3, 0.4) is 0 Å². The van der Waals surface area contributed by atoms with Crippen molar-refractivity contribution in [3.05, 3.63) is 47.8 Å². The standard InChI is InChI=1S/C14H18N4O2/c1-2-18-9-11(15)13(17-18)14(20)16-8-12(19)10-6-4-3-5-7-10/h3-7,9,12,19H,2,8,15H2,1H3,(H,16,20). The highest BCUT2D eigenvalue weighted by Gasteiger charge is 2.16. The fourth-order valence-electron chi connectivity index (χ4n) is 1.84. The zero-order valence-corrected chi connectivity index (χ0v) is 11.3. The number of aryl methyl sites for hydroxylation is 1. The Morgan fingerprint density at radius 2 is 2.15 bits per heavy atom. The maximum atomic E-state index is 12.0. The molecule has 2 aromatic rings. The van der Waals surface area contributed by atoms with Crippen LogP contribution in [0.2, 0.25) is 0 Å². The van der Waals surface area contributed by atoms with E-state index in [-0.39, 0.29) is 18.1 Å². The van der Waals surface area contributed by atoms with Crippen molar-refractivity contribution in [2.24, 2.45) is 0 Å². The molecule has 0 saturated carbocycles. The number of nitrogens with one attached hydrogen (secondary N) is 1. The number of carbonyl (C=O) groups is 1. The van der Waals surface area contributed by atoms with Crippen molar-refractivity contribution in [2.75, 3.05) is 12.3 Å². The topological polar surface area (TPSA) is 93.2 Å². The second kappa shape index (κ2) is 6.21. The van der Waals surface area contributed by atoms with Gasteiger partial charge < -0.3 is 16.2 Å². The molecule has 106 valence electrons. The lowest BCUT2D eigenvalue weighted by Gasteiger charge is -2.11. The van der Waals surface area contributed by atoms with Crippen molar-refractivity contribution in [1.29, 1.82) is 0 Å². The van der Waals surface area contributed by atoms with Gasteiger partial charge in [-0.25, -0.2) is 0 Å². The summed E-state index contributed by atoms with van der Waals surface area (Å²) < 4.78 is 1.60. The first-order valence-corrected chi connectivity index (χ1v) is 6.46. The van der Waals surface area contributed by atoms with Crippen molar-refractivity contribution in [3.8, 4) is 0 Å². The first-order valence-electron chi connectivity index (χ1n) is 6.46. The quantitative estimate of drug-likeness (QED) is 0.756. The molecule has 1 heterocycles. The molecule has 0 bridgehead atoms. The summed E-state index contributed by atoms with van der Waals surface area (Å²) in [4.78, 5) is 12.0. The molecule has 4 N–H and O–H groups in total. The lowest BCUT2D eigenvalue weighted by molar-refractivity contribution is 0.0911. The second-order valence-corrected chi connectivity index (χ2v) is 4.43. The molecule has 1 atom stereocenters. The van der Waals surface area contributed by atoms with Gasteiger partial charge >= 0.3 is 0 Å². The van der Waals surface area contributed by atoms with Crippen LogP contribution in [0.1, 0.15) is 29.1 Å². The number of aromatic nitrogens is 2. The minimum Gasteiger partial charge on any atom is -0.396 e. The van der Waals surface area contributed by atoms with Crippen LogP contribution in [0.25, 0.3) is 0 Å². The Morgan fingerprint density at radius 3 is 2.75 bits per heavy atom. The van der Waals surface area contributed by atoms with Gasteiger partial charge in [-0.3, -0.25) is 9.48 Å². The number of nitrogen functional groups attached to an aromatic ring is 1. The molecule has 0 aliphatic heterocycles. The Morgan fingerprint density at radius 1 is 1.45 bits per heavy atom. The molecular weight excluding hydrogens is 256 g/mol. The van der Waals surface area contributed by atoms with Crippen LogP contribution >= 0.6 is 0 Å². The Labute approximate surface area is 117 Å². The fraction of sp³-hybridized carbons (Fsp3) is 0.286. The van der Waals surface area contributed by atoms with E-state index in [2.05, 4.69) is 10.4 Å². The minimum absolute atomic E-state index is 0.112.